The van der Waals surface area contributed by atoms with Gasteiger partial charge in [-0.05, 0) is 36.8 Å². The van der Waals surface area contributed by atoms with Crippen molar-refractivity contribution in [3.63, 3.8) is 0 Å². The van der Waals surface area contributed by atoms with Crippen LogP contribution in [0, 0.1) is 5.82 Å². The summed E-state index contributed by atoms with van der Waals surface area (Å²) in [6, 6.07) is 9.75. The van der Waals surface area contributed by atoms with Crippen molar-refractivity contribution in [3.05, 3.63) is 47.8 Å². The van der Waals surface area contributed by atoms with Crippen LogP contribution in [-0.4, -0.2) is 18.8 Å². The van der Waals surface area contributed by atoms with Gasteiger partial charge in [0, 0.05) is 18.3 Å². The maximum Gasteiger partial charge on any atom is 0.165 e. The number of benzene rings is 2. The van der Waals surface area contributed by atoms with Gasteiger partial charge in [-0.2, -0.15) is 0 Å². The van der Waals surface area contributed by atoms with E-state index in [2.05, 4.69) is 5.32 Å². The number of rotatable bonds is 6. The first kappa shape index (κ1) is 15.0. The van der Waals surface area contributed by atoms with Crippen LogP contribution < -0.4 is 14.8 Å². The molecule has 0 spiro atoms. The zero-order valence-corrected chi connectivity index (χ0v) is 12.0. The van der Waals surface area contributed by atoms with Gasteiger partial charge in [-0.3, -0.25) is 0 Å². The van der Waals surface area contributed by atoms with Gasteiger partial charge in [0.1, 0.15) is 0 Å². The number of anilines is 1. The zero-order valence-electron chi connectivity index (χ0n) is 12.0. The summed E-state index contributed by atoms with van der Waals surface area (Å²) in [4.78, 5) is 0. The molecule has 0 atom stereocenters. The number of ether oxygens (including phenoxy) is 2. The molecule has 2 N–H and O–H groups in total. The second kappa shape index (κ2) is 6.83. The molecule has 0 radical (unpaired) electrons. The Balaban J connectivity index is 2.07. The Morgan fingerprint density at radius 1 is 1.14 bits per heavy atom. The number of hydrogen-bond acceptors (Lipinski definition) is 4. The molecule has 21 heavy (non-hydrogen) atoms. The van der Waals surface area contributed by atoms with Gasteiger partial charge in [-0.15, -0.1) is 0 Å². The monoisotopic (exact) mass is 291 g/mol. The molecule has 5 heteroatoms. The highest BCUT2D eigenvalue weighted by atomic mass is 19.1. The van der Waals surface area contributed by atoms with E-state index in [-0.39, 0.29) is 11.5 Å². The summed E-state index contributed by atoms with van der Waals surface area (Å²) in [6.07, 6.45) is 0. The van der Waals surface area contributed by atoms with Gasteiger partial charge >= 0.3 is 0 Å². The highest BCUT2D eigenvalue weighted by molar-refractivity contribution is 5.50. The maximum absolute atomic E-state index is 13.3. The molecule has 2 aromatic carbocycles. The third-order valence-electron chi connectivity index (χ3n) is 2.97. The highest BCUT2D eigenvalue weighted by Crippen LogP contribution is 2.27. The summed E-state index contributed by atoms with van der Waals surface area (Å²) < 4.78 is 23.6. The van der Waals surface area contributed by atoms with Crippen molar-refractivity contribution in [1.82, 2.24) is 0 Å². The molecule has 0 amide bonds. The number of hydrogen-bond donors (Lipinski definition) is 2. The van der Waals surface area contributed by atoms with Crippen LogP contribution >= 0.6 is 0 Å². The van der Waals surface area contributed by atoms with Crippen LogP contribution in [0.1, 0.15) is 12.5 Å². The highest BCUT2D eigenvalue weighted by Gasteiger charge is 2.05. The first-order valence-corrected chi connectivity index (χ1v) is 6.66. The van der Waals surface area contributed by atoms with E-state index < -0.39 is 5.82 Å². The molecule has 0 heterocycles. The Labute approximate surface area is 123 Å². The Kier molecular flexibility index (Phi) is 4.87. The van der Waals surface area contributed by atoms with Gasteiger partial charge < -0.3 is 19.9 Å². The molecule has 4 nitrogen and oxygen atoms in total. The molecule has 0 saturated carbocycles. The summed E-state index contributed by atoms with van der Waals surface area (Å²) in [5.74, 6) is 0.365. The fourth-order valence-corrected chi connectivity index (χ4v) is 1.91. The Morgan fingerprint density at radius 2 is 1.95 bits per heavy atom. The smallest absolute Gasteiger partial charge is 0.165 e. The number of halogens is 1. The van der Waals surface area contributed by atoms with E-state index in [1.807, 2.05) is 6.92 Å². The fraction of sp³-hybridized carbons (Fsp3) is 0.250. The first-order chi connectivity index (χ1) is 10.1. The zero-order chi connectivity index (χ0) is 15.2. The summed E-state index contributed by atoms with van der Waals surface area (Å²) in [7, 11) is 1.43. The van der Waals surface area contributed by atoms with Crippen molar-refractivity contribution in [2.24, 2.45) is 0 Å². The van der Waals surface area contributed by atoms with E-state index in [1.54, 1.807) is 30.3 Å². The average Bonchev–Trinajstić information content (AvgIpc) is 2.49. The third kappa shape index (κ3) is 3.78. The Hall–Kier alpha value is -2.43. The Morgan fingerprint density at radius 3 is 2.67 bits per heavy atom. The van der Waals surface area contributed by atoms with Crippen molar-refractivity contribution in [1.29, 1.82) is 0 Å². The molecular weight excluding hydrogens is 273 g/mol. The predicted molar refractivity (Wildman–Crippen MR) is 79.6 cm³/mol. The van der Waals surface area contributed by atoms with Crippen molar-refractivity contribution in [2.75, 3.05) is 19.0 Å². The summed E-state index contributed by atoms with van der Waals surface area (Å²) in [6.45, 7) is 2.86. The minimum Gasteiger partial charge on any atom is -0.504 e. The number of nitrogens with one attached hydrogen (secondary N) is 1. The minimum atomic E-state index is -0.397. The van der Waals surface area contributed by atoms with E-state index in [4.69, 9.17) is 9.47 Å². The minimum absolute atomic E-state index is 0.115. The summed E-state index contributed by atoms with van der Waals surface area (Å²) >= 11 is 0. The predicted octanol–water partition coefficient (Wildman–Crippen LogP) is 3.55. The standard InChI is InChI=1S/C16H18FNO3/c1-3-21-16-8-11(4-7-14(16)19)10-18-12-5-6-13(17)15(9-12)20-2/h4-9,18-19H,3,10H2,1-2H3. The van der Waals surface area contributed by atoms with E-state index >= 15 is 0 Å². The molecule has 0 fully saturated rings. The van der Waals surface area contributed by atoms with Gasteiger partial charge in [0.15, 0.2) is 23.1 Å². The van der Waals surface area contributed by atoms with Gasteiger partial charge in [0.05, 0.1) is 13.7 Å². The van der Waals surface area contributed by atoms with Gasteiger partial charge in [0.2, 0.25) is 0 Å². The van der Waals surface area contributed by atoms with Crippen LogP contribution in [0.3, 0.4) is 0 Å². The van der Waals surface area contributed by atoms with Crippen LogP contribution in [0.2, 0.25) is 0 Å². The van der Waals surface area contributed by atoms with Crippen LogP contribution in [0.5, 0.6) is 17.2 Å². The molecule has 112 valence electrons. The number of phenolic OH excluding ortho intramolecular Hbond substituents is 1. The molecular formula is C16H18FNO3. The normalized spacial score (nSPS) is 10.2. The molecule has 0 aliphatic rings. The molecule has 0 bridgehead atoms. The topological polar surface area (TPSA) is 50.7 Å². The van der Waals surface area contributed by atoms with Crippen LogP contribution in [-0.2, 0) is 6.54 Å². The van der Waals surface area contributed by atoms with Crippen LogP contribution in [0.25, 0.3) is 0 Å². The van der Waals surface area contributed by atoms with E-state index in [1.165, 1.54) is 13.2 Å². The second-order valence-corrected chi connectivity index (χ2v) is 4.44. The lowest BCUT2D eigenvalue weighted by atomic mass is 10.2. The maximum atomic E-state index is 13.3. The van der Waals surface area contributed by atoms with E-state index in [9.17, 15) is 9.50 Å². The largest absolute Gasteiger partial charge is 0.504 e. The number of phenols is 1. The molecule has 0 aliphatic carbocycles. The SMILES string of the molecule is CCOc1cc(CNc2ccc(F)c(OC)c2)ccc1O. The Bertz CT molecular complexity index is 616. The van der Waals surface area contributed by atoms with E-state index in [0.29, 0.717) is 18.9 Å². The lowest BCUT2D eigenvalue weighted by molar-refractivity contribution is 0.318. The lowest BCUT2D eigenvalue weighted by Gasteiger charge is -2.11. The fourth-order valence-electron chi connectivity index (χ4n) is 1.91. The first-order valence-electron chi connectivity index (χ1n) is 6.66. The van der Waals surface area contributed by atoms with E-state index in [0.717, 1.165) is 11.3 Å². The molecule has 0 aromatic heterocycles. The lowest BCUT2D eigenvalue weighted by Crippen LogP contribution is -2.01. The van der Waals surface area contributed by atoms with Gasteiger partial charge in [0.25, 0.3) is 0 Å². The molecule has 2 rings (SSSR count). The molecule has 2 aromatic rings. The number of methoxy groups -OCH3 is 1. The number of aromatic hydroxyl groups is 1. The molecule has 0 saturated heterocycles. The van der Waals surface area contributed by atoms with Crippen molar-refractivity contribution in [2.45, 2.75) is 13.5 Å². The second-order valence-electron chi connectivity index (χ2n) is 4.44. The van der Waals surface area contributed by atoms with Crippen molar-refractivity contribution >= 4 is 5.69 Å². The van der Waals surface area contributed by atoms with Gasteiger partial charge in [-0.1, -0.05) is 6.07 Å². The van der Waals surface area contributed by atoms with Crippen LogP contribution in [0.4, 0.5) is 10.1 Å². The summed E-state index contributed by atoms with van der Waals surface area (Å²) in [5, 5.41) is 12.8. The quantitative estimate of drug-likeness (QED) is 0.854. The van der Waals surface area contributed by atoms with Crippen molar-refractivity contribution in [3.8, 4) is 17.2 Å². The van der Waals surface area contributed by atoms with Crippen LogP contribution in [0.15, 0.2) is 36.4 Å². The third-order valence-corrected chi connectivity index (χ3v) is 2.97. The molecule has 0 unspecified atom stereocenters. The average molecular weight is 291 g/mol. The molecule has 0 aliphatic heterocycles. The van der Waals surface area contributed by atoms with Gasteiger partial charge in [-0.25, -0.2) is 4.39 Å². The summed E-state index contributed by atoms with van der Waals surface area (Å²) in [5.41, 5.74) is 1.69. The van der Waals surface area contributed by atoms with Crippen molar-refractivity contribution < 1.29 is 19.0 Å².